The van der Waals surface area contributed by atoms with Gasteiger partial charge in [0, 0.05) is 0 Å². The average Bonchev–Trinajstić information content (AvgIpc) is 2.62. The fourth-order valence-corrected chi connectivity index (χ4v) is 3.09. The fourth-order valence-electron chi connectivity index (χ4n) is 3.09. The topological polar surface area (TPSA) is 26.3 Å². The molecular formula is C10H16O2. The summed E-state index contributed by atoms with van der Waals surface area (Å²) in [6.07, 6.45) is 4.88. The van der Waals surface area contributed by atoms with Gasteiger partial charge in [-0.05, 0) is 38.0 Å². The highest BCUT2D eigenvalue weighted by atomic mass is 16.5. The van der Waals surface area contributed by atoms with E-state index in [0.29, 0.717) is 5.92 Å². The van der Waals surface area contributed by atoms with Crippen molar-refractivity contribution in [3.05, 3.63) is 0 Å². The quantitative estimate of drug-likeness (QED) is 0.560. The summed E-state index contributed by atoms with van der Waals surface area (Å²) < 4.78 is 4.85. The Morgan fingerprint density at radius 3 is 2.67 bits per heavy atom. The van der Waals surface area contributed by atoms with Crippen LogP contribution in [0.25, 0.3) is 0 Å². The molecule has 0 aromatic rings. The van der Waals surface area contributed by atoms with E-state index in [9.17, 15) is 4.79 Å². The molecule has 3 atom stereocenters. The van der Waals surface area contributed by atoms with Crippen molar-refractivity contribution in [2.45, 2.75) is 32.6 Å². The summed E-state index contributed by atoms with van der Waals surface area (Å²) in [6, 6.07) is 0. The van der Waals surface area contributed by atoms with E-state index in [-0.39, 0.29) is 11.4 Å². The van der Waals surface area contributed by atoms with Crippen molar-refractivity contribution < 1.29 is 9.53 Å². The van der Waals surface area contributed by atoms with E-state index in [1.807, 2.05) is 0 Å². The van der Waals surface area contributed by atoms with Gasteiger partial charge in [0.15, 0.2) is 0 Å². The molecule has 0 spiro atoms. The normalized spacial score (nSPS) is 44.8. The predicted octanol–water partition coefficient (Wildman–Crippen LogP) is 1.99. The molecule has 2 rings (SSSR count). The Labute approximate surface area is 73.3 Å². The Bertz CT molecular complexity index is 212. The van der Waals surface area contributed by atoms with Gasteiger partial charge in [0.2, 0.25) is 0 Å². The molecule has 0 radical (unpaired) electrons. The minimum absolute atomic E-state index is 0.00898. The van der Waals surface area contributed by atoms with E-state index < -0.39 is 0 Å². The van der Waals surface area contributed by atoms with E-state index >= 15 is 0 Å². The number of hydrogen-bond acceptors (Lipinski definition) is 2. The number of carbonyl (C=O) groups excluding carboxylic acids is 1. The van der Waals surface area contributed by atoms with E-state index in [1.165, 1.54) is 26.4 Å². The lowest BCUT2D eigenvalue weighted by atomic mass is 9.75. The molecule has 0 unspecified atom stereocenters. The molecule has 0 saturated heterocycles. The lowest BCUT2D eigenvalue weighted by Gasteiger charge is -2.30. The van der Waals surface area contributed by atoms with Gasteiger partial charge in [0.05, 0.1) is 12.5 Å². The van der Waals surface area contributed by atoms with Crippen LogP contribution in [-0.4, -0.2) is 13.1 Å². The summed E-state index contributed by atoms with van der Waals surface area (Å²) >= 11 is 0. The summed E-state index contributed by atoms with van der Waals surface area (Å²) in [4.78, 5) is 11.5. The molecule has 0 heterocycles. The molecule has 2 bridgehead atoms. The largest absolute Gasteiger partial charge is 0.469 e. The number of esters is 1. The summed E-state index contributed by atoms with van der Waals surface area (Å²) in [5.74, 6) is 1.42. The molecule has 2 heteroatoms. The smallest absolute Gasteiger partial charge is 0.311 e. The van der Waals surface area contributed by atoms with Gasteiger partial charge in [0.1, 0.15) is 0 Å². The molecule has 0 aliphatic heterocycles. The number of fused-ring (bicyclic) bond motifs is 2. The van der Waals surface area contributed by atoms with Gasteiger partial charge in [-0.25, -0.2) is 0 Å². The van der Waals surface area contributed by atoms with E-state index in [2.05, 4.69) is 6.92 Å². The van der Waals surface area contributed by atoms with Gasteiger partial charge in [0.25, 0.3) is 0 Å². The van der Waals surface area contributed by atoms with E-state index in [1.54, 1.807) is 0 Å². The lowest BCUT2D eigenvalue weighted by molar-refractivity contribution is -0.154. The SMILES string of the molecule is COC(=O)[C@]1(C)C[C@H]2CC[C@@H]1C2. The molecule has 2 fully saturated rings. The maximum atomic E-state index is 11.5. The lowest BCUT2D eigenvalue weighted by Crippen LogP contribution is -2.34. The van der Waals surface area contributed by atoms with Crippen LogP contribution in [0.3, 0.4) is 0 Å². The van der Waals surface area contributed by atoms with Crippen LogP contribution in [0.2, 0.25) is 0 Å². The summed E-state index contributed by atoms with van der Waals surface area (Å²) in [5.41, 5.74) is -0.141. The molecule has 0 aromatic heterocycles. The predicted molar refractivity (Wildman–Crippen MR) is 45.6 cm³/mol. The number of ether oxygens (including phenoxy) is 1. The van der Waals surface area contributed by atoms with Crippen molar-refractivity contribution in [2.24, 2.45) is 17.3 Å². The maximum absolute atomic E-state index is 11.5. The Morgan fingerprint density at radius 1 is 1.50 bits per heavy atom. The standard InChI is InChI=1S/C10H16O2/c1-10(9(11)12-2)6-7-3-4-8(10)5-7/h7-8H,3-6H2,1-2H3/t7-,8+,10+/m0/s1. The van der Waals surface area contributed by atoms with Crippen molar-refractivity contribution >= 4 is 5.97 Å². The van der Waals surface area contributed by atoms with Crippen molar-refractivity contribution in [2.75, 3.05) is 7.11 Å². The number of hydrogen-bond donors (Lipinski definition) is 0. The highest BCUT2D eigenvalue weighted by Crippen LogP contribution is 2.56. The molecule has 2 nitrogen and oxygen atoms in total. The minimum atomic E-state index is -0.141. The zero-order valence-electron chi connectivity index (χ0n) is 7.80. The van der Waals surface area contributed by atoms with Crippen molar-refractivity contribution in [3.8, 4) is 0 Å². The Hall–Kier alpha value is -0.530. The van der Waals surface area contributed by atoms with Crippen molar-refractivity contribution in [1.29, 1.82) is 0 Å². The third-order valence-electron chi connectivity index (χ3n) is 3.81. The monoisotopic (exact) mass is 168 g/mol. The van der Waals surface area contributed by atoms with Gasteiger partial charge in [-0.2, -0.15) is 0 Å². The third-order valence-corrected chi connectivity index (χ3v) is 3.81. The van der Waals surface area contributed by atoms with Crippen LogP contribution in [0.4, 0.5) is 0 Å². The first-order chi connectivity index (χ1) is 5.66. The molecular weight excluding hydrogens is 152 g/mol. The van der Waals surface area contributed by atoms with E-state index in [4.69, 9.17) is 4.74 Å². The Kier molecular flexibility index (Phi) is 1.67. The van der Waals surface area contributed by atoms with Crippen molar-refractivity contribution in [3.63, 3.8) is 0 Å². The second kappa shape index (κ2) is 2.48. The van der Waals surface area contributed by atoms with Gasteiger partial charge in [-0.15, -0.1) is 0 Å². The molecule has 2 saturated carbocycles. The van der Waals surface area contributed by atoms with Gasteiger partial charge < -0.3 is 4.74 Å². The third kappa shape index (κ3) is 0.900. The van der Waals surface area contributed by atoms with Crippen LogP contribution in [0.1, 0.15) is 32.6 Å². The van der Waals surface area contributed by atoms with Gasteiger partial charge >= 0.3 is 5.97 Å². The van der Waals surface area contributed by atoms with Crippen molar-refractivity contribution in [1.82, 2.24) is 0 Å². The summed E-state index contributed by atoms with van der Waals surface area (Å²) in [7, 11) is 1.50. The molecule has 2 aliphatic rings. The minimum Gasteiger partial charge on any atom is -0.469 e. The Morgan fingerprint density at radius 2 is 2.25 bits per heavy atom. The number of methoxy groups -OCH3 is 1. The number of carbonyl (C=O) groups is 1. The number of rotatable bonds is 1. The van der Waals surface area contributed by atoms with Crippen LogP contribution < -0.4 is 0 Å². The maximum Gasteiger partial charge on any atom is 0.311 e. The zero-order valence-corrected chi connectivity index (χ0v) is 7.80. The second-order valence-electron chi connectivity index (χ2n) is 4.49. The Balaban J connectivity index is 2.17. The first-order valence-corrected chi connectivity index (χ1v) is 4.75. The van der Waals surface area contributed by atoms with Crippen LogP contribution in [0.5, 0.6) is 0 Å². The van der Waals surface area contributed by atoms with Gasteiger partial charge in [-0.1, -0.05) is 6.42 Å². The molecule has 2 aliphatic carbocycles. The second-order valence-corrected chi connectivity index (χ2v) is 4.49. The van der Waals surface area contributed by atoms with E-state index in [0.717, 1.165) is 12.3 Å². The first kappa shape index (κ1) is 8.09. The van der Waals surface area contributed by atoms with Crippen LogP contribution in [0, 0.1) is 17.3 Å². The molecule has 0 aromatic carbocycles. The molecule has 12 heavy (non-hydrogen) atoms. The fraction of sp³-hybridized carbons (Fsp3) is 0.900. The van der Waals surface area contributed by atoms with Gasteiger partial charge in [-0.3, -0.25) is 4.79 Å². The molecule has 0 N–H and O–H groups in total. The van der Waals surface area contributed by atoms with Crippen LogP contribution in [-0.2, 0) is 9.53 Å². The highest BCUT2D eigenvalue weighted by molar-refractivity contribution is 5.77. The highest BCUT2D eigenvalue weighted by Gasteiger charge is 2.52. The van der Waals surface area contributed by atoms with Crippen LogP contribution >= 0.6 is 0 Å². The summed E-state index contributed by atoms with van der Waals surface area (Å²) in [6.45, 7) is 2.07. The molecule has 68 valence electrons. The molecule has 0 amide bonds. The zero-order chi connectivity index (χ0) is 8.77. The summed E-state index contributed by atoms with van der Waals surface area (Å²) in [5, 5.41) is 0. The average molecular weight is 168 g/mol. The van der Waals surface area contributed by atoms with Crippen LogP contribution in [0.15, 0.2) is 0 Å². The first-order valence-electron chi connectivity index (χ1n) is 4.75.